The zero-order valence-corrected chi connectivity index (χ0v) is 9.65. The quantitative estimate of drug-likeness (QED) is 0.723. The molecule has 6 heteroatoms. The number of aliphatic hydroxyl groups is 1. The van der Waals surface area contributed by atoms with Crippen molar-refractivity contribution < 1.29 is 20.6 Å². The summed E-state index contributed by atoms with van der Waals surface area (Å²) in [4.78, 5) is 0. The van der Waals surface area contributed by atoms with Crippen LogP contribution in [0.5, 0.6) is 0 Å². The van der Waals surface area contributed by atoms with Crippen LogP contribution in [0.4, 0.5) is 0 Å². The number of hydrogen-bond donors (Lipinski definition) is 1. The van der Waals surface area contributed by atoms with Crippen molar-refractivity contribution in [2.24, 2.45) is 0 Å². The van der Waals surface area contributed by atoms with Crippen molar-refractivity contribution in [2.75, 3.05) is 6.61 Å². The van der Waals surface area contributed by atoms with Gasteiger partial charge in [0.25, 0.3) is 0 Å². The first-order chi connectivity index (χ1) is 3.41. The Kier molecular flexibility index (Phi) is 11.3. The second kappa shape index (κ2) is 7.11. The number of halogens is 4. The van der Waals surface area contributed by atoms with Crippen molar-refractivity contribution in [2.45, 2.75) is 6.92 Å². The van der Waals surface area contributed by atoms with Gasteiger partial charge in [0.2, 0.25) is 0 Å². The van der Waals surface area contributed by atoms with Crippen LogP contribution in [-0.4, -0.2) is 11.7 Å². The van der Waals surface area contributed by atoms with E-state index in [1.807, 2.05) is 0 Å². The number of rotatable bonds is 0. The van der Waals surface area contributed by atoms with Crippen molar-refractivity contribution in [1.29, 1.82) is 0 Å². The Morgan fingerprint density at radius 3 is 1.25 bits per heavy atom. The van der Waals surface area contributed by atoms with E-state index in [2.05, 4.69) is 0 Å². The van der Waals surface area contributed by atoms with E-state index in [0.717, 1.165) is 0 Å². The van der Waals surface area contributed by atoms with Gasteiger partial charge in [-0.2, -0.15) is 0 Å². The molecule has 0 aromatic carbocycles. The van der Waals surface area contributed by atoms with Crippen molar-refractivity contribution in [3.8, 4) is 0 Å². The molecule has 0 saturated heterocycles. The maximum atomic E-state index is 7.57. The topological polar surface area (TPSA) is 20.2 Å². The zero-order valence-electron chi connectivity index (χ0n) is 4.17. The van der Waals surface area contributed by atoms with E-state index >= 15 is 0 Å². The second-order valence-corrected chi connectivity index (χ2v) is 23.1. The Morgan fingerprint density at radius 1 is 1.25 bits per heavy atom. The second-order valence-electron chi connectivity index (χ2n) is 0.745. The van der Waals surface area contributed by atoms with Gasteiger partial charge in [-0.1, -0.05) is 0 Å². The summed E-state index contributed by atoms with van der Waals surface area (Å²) in [6.07, 6.45) is 0. The first kappa shape index (κ1) is 12.7. The minimum atomic E-state index is -3.29. The summed E-state index contributed by atoms with van der Waals surface area (Å²) in [5.74, 6) is 0. The average Bonchev–Trinajstić information content (AvgIpc) is 1.27. The van der Waals surface area contributed by atoms with Crippen LogP contribution in [0.1, 0.15) is 6.92 Å². The summed E-state index contributed by atoms with van der Waals surface area (Å²) in [5, 5.41) is 7.57. The SMILES string of the molecule is CCO.[Cl][Zr]([Cl])([Cl])[Cl]. The van der Waals surface area contributed by atoms with Crippen LogP contribution >= 0.6 is 34.1 Å². The molecule has 0 unspecified atom stereocenters. The molecule has 0 bridgehead atoms. The molecule has 0 aromatic rings. The predicted octanol–water partition coefficient (Wildman–Crippen LogP) is 2.75. The molecule has 0 heterocycles. The first-order valence-electron chi connectivity index (χ1n) is 1.78. The van der Waals surface area contributed by atoms with Crippen molar-refractivity contribution in [3.63, 3.8) is 0 Å². The summed E-state index contributed by atoms with van der Waals surface area (Å²) in [6, 6.07) is 0. The van der Waals surface area contributed by atoms with Gasteiger partial charge in [-0.25, -0.2) is 0 Å². The molecule has 0 aliphatic carbocycles. The van der Waals surface area contributed by atoms with Gasteiger partial charge in [-0.05, 0) is 6.92 Å². The summed E-state index contributed by atoms with van der Waals surface area (Å²) in [6.45, 7) is 1.93. The fraction of sp³-hybridized carbons (Fsp3) is 1.00. The van der Waals surface area contributed by atoms with Gasteiger partial charge >= 0.3 is 49.5 Å². The Balaban J connectivity index is 0. The molecule has 0 radical (unpaired) electrons. The number of aliphatic hydroxyl groups excluding tert-OH is 1. The van der Waals surface area contributed by atoms with Gasteiger partial charge in [0.15, 0.2) is 0 Å². The molecule has 0 rings (SSSR count). The van der Waals surface area contributed by atoms with E-state index < -0.39 is 15.5 Å². The van der Waals surface area contributed by atoms with Gasteiger partial charge in [-0.3, -0.25) is 0 Å². The molecule has 0 saturated carbocycles. The van der Waals surface area contributed by atoms with Crippen LogP contribution < -0.4 is 0 Å². The Bertz CT molecular complexity index is 37.8. The molecule has 0 spiro atoms. The van der Waals surface area contributed by atoms with E-state index in [1.54, 1.807) is 6.92 Å². The van der Waals surface area contributed by atoms with Crippen molar-refractivity contribution in [3.05, 3.63) is 0 Å². The Hall–Kier alpha value is 2.00. The minimum absolute atomic E-state index is 0.250. The fourth-order valence-electron chi connectivity index (χ4n) is 0. The summed E-state index contributed by atoms with van der Waals surface area (Å²) in [7, 11) is 20.1. The summed E-state index contributed by atoms with van der Waals surface area (Å²) in [5.41, 5.74) is 0. The third kappa shape index (κ3) is 97.8. The monoisotopic (exact) mass is 276 g/mol. The third-order valence-corrected chi connectivity index (χ3v) is 0. The van der Waals surface area contributed by atoms with E-state index in [9.17, 15) is 0 Å². The summed E-state index contributed by atoms with van der Waals surface area (Å²) >= 11 is -3.29. The van der Waals surface area contributed by atoms with Gasteiger partial charge in [0.05, 0.1) is 0 Å². The molecule has 8 heavy (non-hydrogen) atoms. The van der Waals surface area contributed by atoms with Crippen molar-refractivity contribution >= 4 is 34.1 Å². The van der Waals surface area contributed by atoms with Crippen LogP contribution in [0, 0.1) is 0 Å². The Labute approximate surface area is 67.5 Å². The van der Waals surface area contributed by atoms with Crippen molar-refractivity contribution in [1.82, 2.24) is 0 Å². The fourth-order valence-corrected chi connectivity index (χ4v) is 0. The summed E-state index contributed by atoms with van der Waals surface area (Å²) < 4.78 is 0. The van der Waals surface area contributed by atoms with E-state index in [1.165, 1.54) is 0 Å². The van der Waals surface area contributed by atoms with Gasteiger partial charge in [0, 0.05) is 6.61 Å². The molecule has 0 amide bonds. The van der Waals surface area contributed by atoms with E-state index in [-0.39, 0.29) is 6.61 Å². The van der Waals surface area contributed by atoms with E-state index in [0.29, 0.717) is 0 Å². The maximum absolute atomic E-state index is 7.57. The molecule has 0 aliphatic rings. The number of hydrogen-bond acceptors (Lipinski definition) is 1. The third-order valence-electron chi connectivity index (χ3n) is 0. The van der Waals surface area contributed by atoms with E-state index in [4.69, 9.17) is 39.2 Å². The average molecular weight is 279 g/mol. The predicted molar refractivity (Wildman–Crippen MR) is 36.2 cm³/mol. The molecule has 1 N–H and O–H groups in total. The van der Waals surface area contributed by atoms with Crippen LogP contribution in [0.15, 0.2) is 0 Å². The molecule has 1 nitrogen and oxygen atoms in total. The zero-order chi connectivity index (χ0) is 7.21. The van der Waals surface area contributed by atoms with Gasteiger partial charge in [-0.15, -0.1) is 0 Å². The Morgan fingerprint density at radius 2 is 1.25 bits per heavy atom. The standard InChI is InChI=1S/C2H6O.4ClH.Zr/c1-2-3;;;;;/h3H,2H2,1H3;4*1H;/q;;;;;+4/p-4. The molecule has 0 aromatic heterocycles. The molecular formula is C2H6Cl4OZr. The van der Waals surface area contributed by atoms with Crippen LogP contribution in [0.25, 0.3) is 0 Å². The first-order valence-corrected chi connectivity index (χ1v) is 14.4. The molecule has 0 aliphatic heterocycles. The van der Waals surface area contributed by atoms with Gasteiger partial charge in [0.1, 0.15) is 0 Å². The molecule has 52 valence electrons. The molecule has 0 atom stereocenters. The van der Waals surface area contributed by atoms with Gasteiger partial charge < -0.3 is 5.11 Å². The molecular weight excluding hydrogens is 273 g/mol. The normalized spacial score (nSPS) is 9.75. The van der Waals surface area contributed by atoms with Crippen LogP contribution in [-0.2, 0) is 15.5 Å². The molecule has 0 fully saturated rings. The van der Waals surface area contributed by atoms with Crippen LogP contribution in [0.3, 0.4) is 0 Å². The van der Waals surface area contributed by atoms with Crippen LogP contribution in [0.2, 0.25) is 0 Å².